The summed E-state index contributed by atoms with van der Waals surface area (Å²) in [5.41, 5.74) is 0.147. The van der Waals surface area contributed by atoms with Crippen LogP contribution in [0.3, 0.4) is 0 Å². The van der Waals surface area contributed by atoms with Crippen LogP contribution in [-0.2, 0) is 15.8 Å². The molecule has 2 rings (SSSR count). The second kappa shape index (κ2) is 7.19. The molecule has 0 fully saturated rings. The minimum atomic E-state index is -3.58. The van der Waals surface area contributed by atoms with E-state index in [0.717, 1.165) is 0 Å². The van der Waals surface area contributed by atoms with Crippen LogP contribution in [0.25, 0.3) is 0 Å². The van der Waals surface area contributed by atoms with Crippen LogP contribution in [0.15, 0.2) is 54.6 Å². The zero-order valence-electron chi connectivity index (χ0n) is 11.3. The van der Waals surface area contributed by atoms with Gasteiger partial charge in [0.15, 0.2) is 0 Å². The first-order valence-corrected chi connectivity index (χ1v) is 8.11. The highest BCUT2D eigenvalue weighted by Gasteiger charge is 2.13. The molecule has 2 aromatic rings. The maximum Gasteiger partial charge on any atom is 0.216 e. The molecule has 0 radical (unpaired) electrons. The number of hydrogen-bond acceptors (Lipinski definition) is 3. The van der Waals surface area contributed by atoms with Gasteiger partial charge in [-0.05, 0) is 18.2 Å². The monoisotopic (exact) mass is 309 g/mol. The summed E-state index contributed by atoms with van der Waals surface area (Å²) in [5, 5.41) is 0. The average molecular weight is 309 g/mol. The highest BCUT2D eigenvalue weighted by Crippen LogP contribution is 2.10. The molecule has 0 amide bonds. The fourth-order valence-corrected chi connectivity index (χ4v) is 2.89. The molecular weight excluding hydrogens is 293 g/mol. The molecule has 1 N–H and O–H groups in total. The summed E-state index contributed by atoms with van der Waals surface area (Å²) >= 11 is 0. The standard InChI is InChI=1S/C15H16FNO3S/c16-15-9-5-4-6-13(15)12-21(18,19)17-10-11-20-14-7-2-1-3-8-14/h1-9,17H,10-12H2. The van der Waals surface area contributed by atoms with E-state index in [1.165, 1.54) is 18.2 Å². The molecule has 0 heterocycles. The molecule has 4 nitrogen and oxygen atoms in total. The van der Waals surface area contributed by atoms with Gasteiger partial charge in [-0.15, -0.1) is 0 Å². The number of ether oxygens (including phenoxy) is 1. The van der Waals surface area contributed by atoms with Crippen molar-refractivity contribution in [2.45, 2.75) is 5.75 Å². The van der Waals surface area contributed by atoms with Crippen LogP contribution in [0.1, 0.15) is 5.56 Å². The molecule has 0 aliphatic carbocycles. The maximum atomic E-state index is 13.4. The maximum absolute atomic E-state index is 13.4. The summed E-state index contributed by atoms with van der Waals surface area (Å²) < 4.78 is 44.8. The van der Waals surface area contributed by atoms with E-state index < -0.39 is 15.8 Å². The third-order valence-electron chi connectivity index (χ3n) is 2.74. The van der Waals surface area contributed by atoms with Crippen LogP contribution in [0, 0.1) is 5.82 Å². The zero-order chi connectivity index (χ0) is 15.1. The van der Waals surface area contributed by atoms with E-state index in [1.54, 1.807) is 18.2 Å². The van der Waals surface area contributed by atoms with Gasteiger partial charge in [0.25, 0.3) is 0 Å². The Kier molecular flexibility index (Phi) is 5.30. The van der Waals surface area contributed by atoms with Crippen molar-refractivity contribution in [3.05, 3.63) is 66.0 Å². The molecule has 0 spiro atoms. The molecule has 0 saturated heterocycles. The van der Waals surface area contributed by atoms with Gasteiger partial charge in [-0.3, -0.25) is 0 Å². The van der Waals surface area contributed by atoms with Crippen molar-refractivity contribution in [1.29, 1.82) is 0 Å². The third-order valence-corrected chi connectivity index (χ3v) is 4.07. The summed E-state index contributed by atoms with van der Waals surface area (Å²) in [6.45, 7) is 0.339. The average Bonchev–Trinajstić information content (AvgIpc) is 2.47. The fourth-order valence-electron chi connectivity index (χ4n) is 1.75. The number of sulfonamides is 1. The van der Waals surface area contributed by atoms with Crippen molar-refractivity contribution in [3.8, 4) is 5.75 Å². The lowest BCUT2D eigenvalue weighted by molar-refractivity contribution is 0.323. The Balaban J connectivity index is 1.81. The van der Waals surface area contributed by atoms with E-state index in [9.17, 15) is 12.8 Å². The minimum absolute atomic E-state index is 0.131. The molecule has 21 heavy (non-hydrogen) atoms. The summed E-state index contributed by atoms with van der Waals surface area (Å²) in [5.74, 6) is -0.236. The highest BCUT2D eigenvalue weighted by molar-refractivity contribution is 7.88. The Morgan fingerprint density at radius 1 is 1.00 bits per heavy atom. The summed E-state index contributed by atoms with van der Waals surface area (Å²) in [4.78, 5) is 0. The Morgan fingerprint density at radius 3 is 2.38 bits per heavy atom. The SMILES string of the molecule is O=S(=O)(Cc1ccccc1F)NCCOc1ccccc1. The van der Waals surface area contributed by atoms with Crippen LogP contribution < -0.4 is 9.46 Å². The first-order valence-electron chi connectivity index (χ1n) is 6.45. The van der Waals surface area contributed by atoms with Crippen molar-refractivity contribution >= 4 is 10.0 Å². The van der Waals surface area contributed by atoms with E-state index in [1.807, 2.05) is 18.2 Å². The van der Waals surface area contributed by atoms with Gasteiger partial charge in [0.05, 0.1) is 5.75 Å². The quantitative estimate of drug-likeness (QED) is 0.799. The van der Waals surface area contributed by atoms with E-state index in [4.69, 9.17) is 4.74 Å². The van der Waals surface area contributed by atoms with Crippen molar-refractivity contribution in [2.24, 2.45) is 0 Å². The van der Waals surface area contributed by atoms with Crippen molar-refractivity contribution in [3.63, 3.8) is 0 Å². The van der Waals surface area contributed by atoms with E-state index in [-0.39, 0.29) is 24.5 Å². The van der Waals surface area contributed by atoms with Gasteiger partial charge >= 0.3 is 0 Å². The normalized spacial score (nSPS) is 11.3. The van der Waals surface area contributed by atoms with Crippen molar-refractivity contribution < 1.29 is 17.5 Å². The van der Waals surface area contributed by atoms with Crippen molar-refractivity contribution in [1.82, 2.24) is 4.72 Å². The molecule has 0 aliphatic rings. The molecule has 112 valence electrons. The molecule has 0 unspecified atom stereocenters. The molecule has 2 aromatic carbocycles. The summed E-state index contributed by atoms with van der Waals surface area (Å²) in [6.07, 6.45) is 0. The lowest BCUT2D eigenvalue weighted by Gasteiger charge is -2.09. The Bertz CT molecular complexity index is 674. The van der Waals surface area contributed by atoms with E-state index in [0.29, 0.717) is 5.75 Å². The topological polar surface area (TPSA) is 55.4 Å². The molecule has 0 aromatic heterocycles. The van der Waals surface area contributed by atoms with Crippen LogP contribution >= 0.6 is 0 Å². The van der Waals surface area contributed by atoms with Gasteiger partial charge in [-0.1, -0.05) is 36.4 Å². The van der Waals surface area contributed by atoms with Gasteiger partial charge in [0.2, 0.25) is 10.0 Å². The third kappa shape index (κ3) is 5.17. The predicted molar refractivity (Wildman–Crippen MR) is 79.0 cm³/mol. The smallest absolute Gasteiger partial charge is 0.216 e. The molecular formula is C15H16FNO3S. The molecule has 0 saturated carbocycles. The first kappa shape index (κ1) is 15.5. The zero-order valence-corrected chi connectivity index (χ0v) is 12.1. The summed E-state index contributed by atoms with van der Waals surface area (Å²) in [7, 11) is -3.58. The summed E-state index contributed by atoms with van der Waals surface area (Å²) in [6, 6.07) is 14.9. The molecule has 0 aliphatic heterocycles. The number of rotatable bonds is 7. The molecule has 0 atom stereocenters. The van der Waals surface area contributed by atoms with Crippen LogP contribution in [-0.4, -0.2) is 21.6 Å². The largest absolute Gasteiger partial charge is 0.492 e. The Labute approximate surface area is 123 Å². The first-order chi connectivity index (χ1) is 10.1. The van der Waals surface area contributed by atoms with Crippen molar-refractivity contribution in [2.75, 3.05) is 13.2 Å². The lowest BCUT2D eigenvalue weighted by atomic mass is 10.2. The fraction of sp³-hybridized carbons (Fsp3) is 0.200. The van der Waals surface area contributed by atoms with Crippen LogP contribution in [0.5, 0.6) is 5.75 Å². The van der Waals surface area contributed by atoms with Gasteiger partial charge in [0, 0.05) is 12.1 Å². The van der Waals surface area contributed by atoms with Gasteiger partial charge < -0.3 is 4.74 Å². The van der Waals surface area contributed by atoms with Crippen LogP contribution in [0.2, 0.25) is 0 Å². The molecule has 6 heteroatoms. The van der Waals surface area contributed by atoms with E-state index in [2.05, 4.69) is 4.72 Å². The lowest BCUT2D eigenvalue weighted by Crippen LogP contribution is -2.29. The Morgan fingerprint density at radius 2 is 1.67 bits per heavy atom. The minimum Gasteiger partial charge on any atom is -0.492 e. The Hall–Kier alpha value is -1.92. The number of para-hydroxylation sites is 1. The van der Waals surface area contributed by atoms with Gasteiger partial charge in [-0.2, -0.15) is 0 Å². The number of nitrogens with one attached hydrogen (secondary N) is 1. The second-order valence-corrected chi connectivity index (χ2v) is 6.21. The number of benzene rings is 2. The van der Waals surface area contributed by atoms with Gasteiger partial charge in [-0.25, -0.2) is 17.5 Å². The second-order valence-electron chi connectivity index (χ2n) is 4.41. The number of halogens is 1. The van der Waals surface area contributed by atoms with E-state index >= 15 is 0 Å². The molecule has 0 bridgehead atoms. The predicted octanol–water partition coefficient (Wildman–Crippen LogP) is 2.32. The highest BCUT2D eigenvalue weighted by atomic mass is 32.2. The number of hydrogen-bond donors (Lipinski definition) is 1. The van der Waals surface area contributed by atoms with Crippen LogP contribution in [0.4, 0.5) is 4.39 Å². The van der Waals surface area contributed by atoms with Gasteiger partial charge in [0.1, 0.15) is 18.2 Å².